The molecule has 0 radical (unpaired) electrons. The number of aliphatic hydroxyl groups excluding tert-OH is 1. The van der Waals surface area contributed by atoms with Gasteiger partial charge in [0.1, 0.15) is 4.34 Å². The van der Waals surface area contributed by atoms with Crippen LogP contribution >= 0.6 is 23.1 Å². The van der Waals surface area contributed by atoms with Crippen molar-refractivity contribution >= 4 is 29.1 Å². The number of thiazole rings is 1. The van der Waals surface area contributed by atoms with Crippen molar-refractivity contribution in [2.75, 3.05) is 25.6 Å². The number of rotatable bonds is 8. The normalized spacial score (nSPS) is 10.6. The lowest BCUT2D eigenvalue weighted by molar-refractivity contribution is -0.136. The van der Waals surface area contributed by atoms with Gasteiger partial charge in [-0.15, -0.1) is 11.3 Å². The fourth-order valence-electron chi connectivity index (χ4n) is 0.945. The summed E-state index contributed by atoms with van der Waals surface area (Å²) in [5.74, 6) is -0.117. The molecule has 0 unspecified atom stereocenters. The lowest BCUT2D eigenvalue weighted by atomic mass is 10.3. The quantitative estimate of drug-likeness (QED) is 0.535. The van der Waals surface area contributed by atoms with E-state index in [1.807, 2.05) is 0 Å². The fraction of sp³-hybridized carbons (Fsp3) is 0.556. The van der Waals surface area contributed by atoms with E-state index in [1.165, 1.54) is 23.1 Å². The largest absolute Gasteiger partial charge is 0.481 e. The molecular formula is C9H13NO4S2. The van der Waals surface area contributed by atoms with Crippen molar-refractivity contribution in [1.82, 2.24) is 4.98 Å². The van der Waals surface area contributed by atoms with E-state index in [2.05, 4.69) is 4.98 Å². The number of hydrogen-bond donors (Lipinski definition) is 2. The van der Waals surface area contributed by atoms with E-state index in [0.29, 0.717) is 18.9 Å². The number of nitrogens with zero attached hydrogens (tertiary/aromatic N) is 1. The molecule has 0 aliphatic heterocycles. The highest BCUT2D eigenvalue weighted by Gasteiger charge is 2.06. The second-order valence-electron chi connectivity index (χ2n) is 2.86. The summed E-state index contributed by atoms with van der Waals surface area (Å²) in [6, 6.07) is 0. The molecule has 1 aromatic rings. The zero-order valence-corrected chi connectivity index (χ0v) is 10.2. The van der Waals surface area contributed by atoms with E-state index in [-0.39, 0.29) is 13.0 Å². The van der Waals surface area contributed by atoms with Gasteiger partial charge in [-0.3, -0.25) is 4.79 Å². The summed E-state index contributed by atoms with van der Waals surface area (Å²) in [7, 11) is 0. The number of ether oxygens (including phenoxy) is 1. The van der Waals surface area contributed by atoms with Gasteiger partial charge in [-0.05, 0) is 0 Å². The minimum atomic E-state index is -0.867. The first-order chi connectivity index (χ1) is 7.72. The minimum absolute atomic E-state index is 0.0297. The molecule has 5 nitrogen and oxygen atoms in total. The molecule has 7 heteroatoms. The van der Waals surface area contributed by atoms with Crippen LogP contribution in [0.25, 0.3) is 0 Å². The first-order valence-electron chi connectivity index (χ1n) is 4.70. The molecule has 1 aromatic heterocycles. The summed E-state index contributed by atoms with van der Waals surface area (Å²) in [5, 5.41) is 18.8. The second-order valence-corrected chi connectivity index (χ2v) is 5.06. The van der Waals surface area contributed by atoms with Crippen molar-refractivity contribution in [2.45, 2.75) is 10.8 Å². The highest BCUT2D eigenvalue weighted by molar-refractivity contribution is 8.01. The maximum absolute atomic E-state index is 10.4. The summed E-state index contributed by atoms with van der Waals surface area (Å²) in [4.78, 5) is 14.6. The van der Waals surface area contributed by atoms with E-state index in [0.717, 1.165) is 10.1 Å². The van der Waals surface area contributed by atoms with Gasteiger partial charge in [0, 0.05) is 11.1 Å². The van der Waals surface area contributed by atoms with Crippen LogP contribution in [0.15, 0.2) is 9.72 Å². The Morgan fingerprint density at radius 2 is 2.38 bits per heavy atom. The van der Waals surface area contributed by atoms with Crippen molar-refractivity contribution in [1.29, 1.82) is 0 Å². The minimum Gasteiger partial charge on any atom is -0.481 e. The van der Waals surface area contributed by atoms with Gasteiger partial charge in [-0.25, -0.2) is 4.98 Å². The third-order valence-corrected chi connectivity index (χ3v) is 3.59. The van der Waals surface area contributed by atoms with Crippen LogP contribution in [0.4, 0.5) is 0 Å². The molecule has 1 heterocycles. The Bertz CT molecular complexity index is 329. The monoisotopic (exact) mass is 263 g/mol. The topological polar surface area (TPSA) is 79.7 Å². The molecule has 0 bridgehead atoms. The first-order valence-corrected chi connectivity index (χ1v) is 6.56. The fourth-order valence-corrected chi connectivity index (χ4v) is 2.71. The maximum atomic E-state index is 10.4. The molecule has 0 aliphatic rings. The smallest absolute Gasteiger partial charge is 0.309 e. The average molecular weight is 263 g/mol. The van der Waals surface area contributed by atoms with Crippen molar-refractivity contribution in [2.24, 2.45) is 0 Å². The number of carboxylic acids is 1. The maximum Gasteiger partial charge on any atom is 0.309 e. The Balaban J connectivity index is 2.21. The summed E-state index contributed by atoms with van der Waals surface area (Å²) in [6.45, 7) is 0.937. The van der Waals surface area contributed by atoms with Crippen molar-refractivity contribution < 1.29 is 19.7 Å². The molecule has 90 valence electrons. The molecule has 2 N–H and O–H groups in total. The van der Waals surface area contributed by atoms with E-state index in [4.69, 9.17) is 14.9 Å². The summed E-state index contributed by atoms with van der Waals surface area (Å²) in [6.07, 6.45) is -0.0297. The van der Waals surface area contributed by atoms with Gasteiger partial charge in [0.25, 0.3) is 0 Å². The van der Waals surface area contributed by atoms with E-state index < -0.39 is 5.97 Å². The van der Waals surface area contributed by atoms with E-state index in [1.54, 1.807) is 5.38 Å². The third-order valence-electron chi connectivity index (χ3n) is 1.55. The van der Waals surface area contributed by atoms with Crippen LogP contribution in [0.2, 0.25) is 0 Å². The predicted octanol–water partition coefficient (Wildman–Crippen LogP) is 0.871. The van der Waals surface area contributed by atoms with Crippen LogP contribution in [0, 0.1) is 0 Å². The lowest BCUT2D eigenvalue weighted by Crippen LogP contribution is -2.02. The number of aliphatic hydroxyl groups is 1. The number of hydrogen-bond acceptors (Lipinski definition) is 6. The zero-order chi connectivity index (χ0) is 11.8. The summed E-state index contributed by atoms with van der Waals surface area (Å²) in [5.41, 5.74) is 0.594. The van der Waals surface area contributed by atoms with Crippen molar-refractivity contribution in [3.05, 3.63) is 11.1 Å². The molecule has 0 amide bonds. The van der Waals surface area contributed by atoms with Gasteiger partial charge in [0.15, 0.2) is 0 Å². The highest BCUT2D eigenvalue weighted by Crippen LogP contribution is 2.22. The Kier molecular flexibility index (Phi) is 6.39. The van der Waals surface area contributed by atoms with Gasteiger partial charge in [0.2, 0.25) is 0 Å². The molecule has 0 atom stereocenters. The molecular weight excluding hydrogens is 250 g/mol. The summed E-state index contributed by atoms with van der Waals surface area (Å²) >= 11 is 2.97. The second kappa shape index (κ2) is 7.61. The molecule has 0 spiro atoms. The molecule has 0 aliphatic carbocycles. The van der Waals surface area contributed by atoms with Crippen molar-refractivity contribution in [3.8, 4) is 0 Å². The Morgan fingerprint density at radius 1 is 1.56 bits per heavy atom. The molecule has 0 saturated carbocycles. The lowest BCUT2D eigenvalue weighted by Gasteiger charge is -1.99. The molecule has 0 aromatic carbocycles. The van der Waals surface area contributed by atoms with Gasteiger partial charge in [-0.1, -0.05) is 11.8 Å². The van der Waals surface area contributed by atoms with Crippen molar-refractivity contribution in [3.63, 3.8) is 0 Å². The number of thioether (sulfide) groups is 1. The van der Waals surface area contributed by atoms with Crippen LogP contribution in [0.3, 0.4) is 0 Å². The standard InChI is InChI=1S/C9H13NO4S2/c11-1-2-14-3-4-15-9-10-7(6-16-9)5-8(12)13/h6,11H,1-5H2,(H,12,13). The molecule has 16 heavy (non-hydrogen) atoms. The predicted molar refractivity (Wildman–Crippen MR) is 62.1 cm³/mol. The van der Waals surface area contributed by atoms with E-state index >= 15 is 0 Å². The Hall–Kier alpha value is -0.630. The Labute approximate surface area is 101 Å². The molecule has 0 fully saturated rings. The zero-order valence-electron chi connectivity index (χ0n) is 8.59. The van der Waals surface area contributed by atoms with Crippen LogP contribution in [0.5, 0.6) is 0 Å². The van der Waals surface area contributed by atoms with E-state index in [9.17, 15) is 4.79 Å². The van der Waals surface area contributed by atoms with Gasteiger partial charge in [0.05, 0.1) is 31.9 Å². The Morgan fingerprint density at radius 3 is 3.06 bits per heavy atom. The highest BCUT2D eigenvalue weighted by atomic mass is 32.2. The number of carboxylic acid groups (broad SMARTS) is 1. The molecule has 0 saturated heterocycles. The molecule has 1 rings (SSSR count). The third kappa shape index (κ3) is 5.45. The van der Waals surface area contributed by atoms with Crippen LogP contribution in [-0.4, -0.2) is 46.7 Å². The summed E-state index contributed by atoms with van der Waals surface area (Å²) < 4.78 is 5.94. The first kappa shape index (κ1) is 13.4. The van der Waals surface area contributed by atoms with Crippen LogP contribution < -0.4 is 0 Å². The van der Waals surface area contributed by atoms with Gasteiger partial charge in [-0.2, -0.15) is 0 Å². The average Bonchev–Trinajstić information content (AvgIpc) is 2.64. The van der Waals surface area contributed by atoms with Gasteiger partial charge < -0.3 is 14.9 Å². The number of carbonyl (C=O) groups is 1. The number of aromatic nitrogens is 1. The van der Waals surface area contributed by atoms with Crippen LogP contribution in [-0.2, 0) is 16.0 Å². The number of aliphatic carboxylic acids is 1. The van der Waals surface area contributed by atoms with Gasteiger partial charge >= 0.3 is 5.97 Å². The SMILES string of the molecule is O=C(O)Cc1csc(SCCOCCO)n1. The van der Waals surface area contributed by atoms with Crippen LogP contribution in [0.1, 0.15) is 5.69 Å².